The first-order valence-corrected chi connectivity index (χ1v) is 11.4. The molecule has 2 amide bonds. The third-order valence-corrected chi connectivity index (χ3v) is 7.30. The van der Waals surface area contributed by atoms with Gasteiger partial charge in [0.15, 0.2) is 9.84 Å². The lowest BCUT2D eigenvalue weighted by molar-refractivity contribution is -0.129. The average molecular weight is 393 g/mol. The monoisotopic (exact) mass is 392 g/mol. The van der Waals surface area contributed by atoms with E-state index in [2.05, 4.69) is 16.7 Å². The van der Waals surface area contributed by atoms with Crippen LogP contribution in [0.2, 0.25) is 0 Å². The van der Waals surface area contributed by atoms with E-state index in [9.17, 15) is 18.0 Å². The summed E-state index contributed by atoms with van der Waals surface area (Å²) in [6.45, 7) is 4.00. The summed E-state index contributed by atoms with van der Waals surface area (Å²) < 4.78 is 23.0. The van der Waals surface area contributed by atoms with Gasteiger partial charge < -0.3 is 10.6 Å². The molecule has 1 aromatic carbocycles. The number of benzene rings is 1. The number of hydrogen-bond acceptors (Lipinski definition) is 4. The molecule has 1 heterocycles. The van der Waals surface area contributed by atoms with Gasteiger partial charge in [-0.15, -0.1) is 0 Å². The van der Waals surface area contributed by atoms with E-state index in [1.807, 2.05) is 26.0 Å². The molecule has 1 unspecified atom stereocenters. The minimum Gasteiger partial charge on any atom is -0.352 e. The number of aryl methyl sites for hydroxylation is 2. The fourth-order valence-corrected chi connectivity index (χ4v) is 5.81. The number of carbonyl (C=O) groups excluding carboxylic acids is 2. The zero-order chi connectivity index (χ0) is 19.6. The number of sulfone groups is 1. The minimum atomic E-state index is -3.00. The fourth-order valence-electron chi connectivity index (χ4n) is 4.14. The van der Waals surface area contributed by atoms with Crippen molar-refractivity contribution in [3.8, 4) is 0 Å². The zero-order valence-electron chi connectivity index (χ0n) is 16.0. The van der Waals surface area contributed by atoms with Gasteiger partial charge in [0.2, 0.25) is 11.8 Å². The highest BCUT2D eigenvalue weighted by Gasteiger charge is 2.33. The predicted octanol–water partition coefficient (Wildman–Crippen LogP) is 2.35. The number of amides is 2. The van der Waals surface area contributed by atoms with Gasteiger partial charge in [-0.2, -0.15) is 0 Å². The highest BCUT2D eigenvalue weighted by atomic mass is 32.2. The lowest BCUT2D eigenvalue weighted by atomic mass is 9.81. The maximum absolute atomic E-state index is 12.5. The van der Waals surface area contributed by atoms with Crippen LogP contribution in [0.3, 0.4) is 0 Å². The SMILES string of the molecule is Cc1cc(C)cc(NC(=O)C2CCC(C(=O)NC3CCS(=O)(=O)C3)CC2)c1. The minimum absolute atomic E-state index is 0.0146. The molecule has 2 N–H and O–H groups in total. The van der Waals surface area contributed by atoms with Gasteiger partial charge in [0.25, 0.3) is 0 Å². The van der Waals surface area contributed by atoms with Crippen LogP contribution >= 0.6 is 0 Å². The van der Waals surface area contributed by atoms with Gasteiger partial charge >= 0.3 is 0 Å². The Morgan fingerprint density at radius 3 is 1.96 bits per heavy atom. The van der Waals surface area contributed by atoms with Gasteiger partial charge in [0.1, 0.15) is 0 Å². The molecule has 0 bridgehead atoms. The molecule has 1 aliphatic heterocycles. The van der Waals surface area contributed by atoms with Crippen molar-refractivity contribution in [1.82, 2.24) is 5.32 Å². The largest absolute Gasteiger partial charge is 0.352 e. The molecular formula is C20H28N2O4S. The third-order valence-electron chi connectivity index (χ3n) is 5.54. The molecule has 0 spiro atoms. The Morgan fingerprint density at radius 1 is 0.889 bits per heavy atom. The van der Waals surface area contributed by atoms with Crippen molar-refractivity contribution in [2.45, 2.75) is 52.0 Å². The fraction of sp³-hybridized carbons (Fsp3) is 0.600. The highest BCUT2D eigenvalue weighted by molar-refractivity contribution is 7.91. The lowest BCUT2D eigenvalue weighted by Crippen LogP contribution is -2.41. The Labute approximate surface area is 161 Å². The summed E-state index contributed by atoms with van der Waals surface area (Å²) in [6.07, 6.45) is 3.18. The molecule has 7 heteroatoms. The molecule has 3 rings (SSSR count). The van der Waals surface area contributed by atoms with Crippen molar-refractivity contribution < 1.29 is 18.0 Å². The second-order valence-electron chi connectivity index (χ2n) is 8.02. The standard InChI is InChI=1S/C20H28N2O4S/c1-13-9-14(2)11-18(10-13)22-20(24)16-5-3-15(4-6-16)19(23)21-17-7-8-27(25,26)12-17/h9-11,15-17H,3-8,12H2,1-2H3,(H,21,23)(H,22,24). The smallest absolute Gasteiger partial charge is 0.227 e. The summed E-state index contributed by atoms with van der Waals surface area (Å²) in [5.74, 6) is -0.0540. The van der Waals surface area contributed by atoms with Gasteiger partial charge in [0, 0.05) is 23.6 Å². The van der Waals surface area contributed by atoms with E-state index in [0.29, 0.717) is 32.1 Å². The van der Waals surface area contributed by atoms with Crippen LogP contribution in [0.5, 0.6) is 0 Å². The maximum atomic E-state index is 12.5. The van der Waals surface area contributed by atoms with Crippen LogP contribution in [0.4, 0.5) is 5.69 Å². The molecule has 1 atom stereocenters. The molecule has 148 valence electrons. The molecule has 2 fully saturated rings. The quantitative estimate of drug-likeness (QED) is 0.823. The van der Waals surface area contributed by atoms with Crippen LogP contribution in [0.1, 0.15) is 43.2 Å². The molecule has 1 saturated carbocycles. The van der Waals surface area contributed by atoms with Crippen LogP contribution in [-0.4, -0.2) is 37.8 Å². The van der Waals surface area contributed by atoms with Crippen molar-refractivity contribution in [2.75, 3.05) is 16.8 Å². The van der Waals surface area contributed by atoms with E-state index in [1.165, 1.54) is 0 Å². The van der Waals surface area contributed by atoms with Crippen LogP contribution in [0, 0.1) is 25.7 Å². The van der Waals surface area contributed by atoms with Gasteiger partial charge in [-0.05, 0) is 69.2 Å². The summed E-state index contributed by atoms with van der Waals surface area (Å²) in [6, 6.07) is 5.72. The van der Waals surface area contributed by atoms with Crippen LogP contribution < -0.4 is 10.6 Å². The molecule has 2 aliphatic rings. The number of carbonyl (C=O) groups is 2. The van der Waals surface area contributed by atoms with E-state index in [1.54, 1.807) is 0 Å². The number of hydrogen-bond donors (Lipinski definition) is 2. The van der Waals surface area contributed by atoms with Crippen molar-refractivity contribution in [3.05, 3.63) is 29.3 Å². The van der Waals surface area contributed by atoms with Gasteiger partial charge in [-0.25, -0.2) is 8.42 Å². The van der Waals surface area contributed by atoms with E-state index < -0.39 is 9.84 Å². The molecule has 1 aliphatic carbocycles. The predicted molar refractivity (Wildman–Crippen MR) is 105 cm³/mol. The van der Waals surface area contributed by atoms with Crippen molar-refractivity contribution in [1.29, 1.82) is 0 Å². The summed E-state index contributed by atoms with van der Waals surface area (Å²) in [7, 11) is -3.00. The second-order valence-corrected chi connectivity index (χ2v) is 10.3. The average Bonchev–Trinajstić information content (AvgIpc) is 2.92. The Morgan fingerprint density at radius 2 is 1.44 bits per heavy atom. The Kier molecular flexibility index (Phi) is 5.89. The normalized spacial score (nSPS) is 27.1. The van der Waals surface area contributed by atoms with E-state index >= 15 is 0 Å². The van der Waals surface area contributed by atoms with E-state index in [4.69, 9.17) is 0 Å². The van der Waals surface area contributed by atoms with Crippen molar-refractivity contribution >= 4 is 27.3 Å². The first-order valence-electron chi connectivity index (χ1n) is 9.62. The van der Waals surface area contributed by atoms with Gasteiger partial charge in [-0.1, -0.05) is 6.07 Å². The molecule has 27 heavy (non-hydrogen) atoms. The highest BCUT2D eigenvalue weighted by Crippen LogP contribution is 2.30. The second kappa shape index (κ2) is 8.00. The van der Waals surface area contributed by atoms with Crippen molar-refractivity contribution in [3.63, 3.8) is 0 Å². The molecule has 6 nitrogen and oxygen atoms in total. The molecule has 1 saturated heterocycles. The third kappa shape index (κ3) is 5.31. The van der Waals surface area contributed by atoms with Crippen LogP contribution in [0.15, 0.2) is 18.2 Å². The van der Waals surface area contributed by atoms with Gasteiger partial charge in [0.05, 0.1) is 11.5 Å². The number of anilines is 1. The number of nitrogens with one attached hydrogen (secondary N) is 2. The first kappa shape index (κ1) is 19.9. The van der Waals surface area contributed by atoms with E-state index in [0.717, 1.165) is 16.8 Å². The van der Waals surface area contributed by atoms with Crippen LogP contribution in [0.25, 0.3) is 0 Å². The first-order chi connectivity index (χ1) is 12.7. The zero-order valence-corrected chi connectivity index (χ0v) is 16.8. The Hall–Kier alpha value is -1.89. The Balaban J connectivity index is 1.48. The molecular weight excluding hydrogens is 364 g/mol. The number of rotatable bonds is 4. The van der Waals surface area contributed by atoms with E-state index in [-0.39, 0.29) is 41.2 Å². The summed E-state index contributed by atoms with van der Waals surface area (Å²) in [5, 5.41) is 5.88. The summed E-state index contributed by atoms with van der Waals surface area (Å²) in [4.78, 5) is 24.9. The van der Waals surface area contributed by atoms with Crippen LogP contribution in [-0.2, 0) is 19.4 Å². The summed E-state index contributed by atoms with van der Waals surface area (Å²) >= 11 is 0. The summed E-state index contributed by atoms with van der Waals surface area (Å²) in [5.41, 5.74) is 3.04. The van der Waals surface area contributed by atoms with Gasteiger partial charge in [-0.3, -0.25) is 9.59 Å². The lowest BCUT2D eigenvalue weighted by Gasteiger charge is -2.28. The molecule has 0 radical (unpaired) electrons. The topological polar surface area (TPSA) is 92.3 Å². The molecule has 0 aromatic heterocycles. The maximum Gasteiger partial charge on any atom is 0.227 e. The molecule has 1 aromatic rings. The Bertz CT molecular complexity index is 806. The van der Waals surface area contributed by atoms with Crippen molar-refractivity contribution in [2.24, 2.45) is 11.8 Å².